The minimum Gasteiger partial charge on any atom is -0.350 e. The van der Waals surface area contributed by atoms with Crippen LogP contribution in [0, 0.1) is 12.7 Å². The van der Waals surface area contributed by atoms with E-state index in [0.29, 0.717) is 30.0 Å². The molecule has 1 atom stereocenters. The Labute approximate surface area is 180 Å². The second kappa shape index (κ2) is 9.12. The summed E-state index contributed by atoms with van der Waals surface area (Å²) in [6.45, 7) is 2.53. The number of aromatic nitrogens is 2. The van der Waals surface area contributed by atoms with Gasteiger partial charge in [-0.1, -0.05) is 36.4 Å². The lowest BCUT2D eigenvalue weighted by atomic mass is 10.0. The molecule has 1 fully saturated rings. The van der Waals surface area contributed by atoms with Gasteiger partial charge >= 0.3 is 0 Å². The van der Waals surface area contributed by atoms with E-state index in [2.05, 4.69) is 10.3 Å². The van der Waals surface area contributed by atoms with Crippen molar-refractivity contribution in [1.29, 1.82) is 0 Å². The second-order valence-corrected chi connectivity index (χ2v) is 7.71. The van der Waals surface area contributed by atoms with Crippen LogP contribution in [0.4, 0.5) is 4.39 Å². The Kier molecular flexibility index (Phi) is 6.11. The number of benzene rings is 2. The Bertz CT molecular complexity index is 1080. The van der Waals surface area contributed by atoms with E-state index in [0.717, 1.165) is 18.4 Å². The van der Waals surface area contributed by atoms with Crippen LogP contribution in [0.25, 0.3) is 5.69 Å². The van der Waals surface area contributed by atoms with Gasteiger partial charge in [0.25, 0.3) is 0 Å². The molecule has 2 aromatic carbocycles. The molecule has 0 aliphatic carbocycles. The van der Waals surface area contributed by atoms with E-state index in [1.165, 1.54) is 6.07 Å². The highest BCUT2D eigenvalue weighted by molar-refractivity contribution is 5.89. The number of imidazole rings is 1. The highest BCUT2D eigenvalue weighted by atomic mass is 19.1. The fourth-order valence-electron chi connectivity index (χ4n) is 3.98. The molecule has 1 N–H and O–H groups in total. The number of nitrogens with one attached hydrogen (secondary N) is 1. The monoisotopic (exact) mass is 420 g/mol. The van der Waals surface area contributed by atoms with Gasteiger partial charge in [-0.25, -0.2) is 9.37 Å². The summed E-state index contributed by atoms with van der Waals surface area (Å²) in [6, 6.07) is 13.5. The fourth-order valence-corrected chi connectivity index (χ4v) is 3.98. The SMILES string of the molecule is Cc1nccn1-c1ccc(CNC(=O)C(c2ccccc2)N2CCCCC2=O)cc1F. The first-order chi connectivity index (χ1) is 15.0. The lowest BCUT2D eigenvalue weighted by Crippen LogP contribution is -2.45. The summed E-state index contributed by atoms with van der Waals surface area (Å²) in [5.74, 6) is 0.0215. The van der Waals surface area contributed by atoms with Crippen molar-refractivity contribution >= 4 is 11.8 Å². The zero-order chi connectivity index (χ0) is 21.8. The lowest BCUT2D eigenvalue weighted by molar-refractivity contribution is -0.142. The molecule has 1 saturated heterocycles. The molecule has 3 aromatic rings. The zero-order valence-corrected chi connectivity index (χ0v) is 17.4. The van der Waals surface area contributed by atoms with Gasteiger partial charge in [-0.2, -0.15) is 0 Å². The molecule has 7 heteroatoms. The normalized spacial score (nSPS) is 15.0. The first-order valence-corrected chi connectivity index (χ1v) is 10.5. The predicted octanol–water partition coefficient (Wildman–Crippen LogP) is 3.69. The molecule has 0 radical (unpaired) electrons. The second-order valence-electron chi connectivity index (χ2n) is 7.71. The maximum atomic E-state index is 14.7. The number of likely N-dealkylation sites (tertiary alicyclic amines) is 1. The molecule has 0 spiro atoms. The summed E-state index contributed by atoms with van der Waals surface area (Å²) in [7, 11) is 0. The molecule has 31 heavy (non-hydrogen) atoms. The number of halogens is 1. The van der Waals surface area contributed by atoms with Crippen molar-refractivity contribution in [2.75, 3.05) is 6.54 Å². The Hall–Kier alpha value is -3.48. The molecule has 1 aromatic heterocycles. The summed E-state index contributed by atoms with van der Waals surface area (Å²) in [4.78, 5) is 31.4. The average Bonchev–Trinajstić information content (AvgIpc) is 3.20. The van der Waals surface area contributed by atoms with E-state index in [1.807, 2.05) is 30.3 Å². The average molecular weight is 420 g/mol. The minimum absolute atomic E-state index is 0.0126. The third kappa shape index (κ3) is 4.50. The van der Waals surface area contributed by atoms with Gasteiger partial charge in [0.15, 0.2) is 0 Å². The van der Waals surface area contributed by atoms with E-state index in [-0.39, 0.29) is 18.4 Å². The zero-order valence-electron chi connectivity index (χ0n) is 17.4. The Morgan fingerprint density at radius 1 is 1.19 bits per heavy atom. The predicted molar refractivity (Wildman–Crippen MR) is 115 cm³/mol. The smallest absolute Gasteiger partial charge is 0.247 e. The van der Waals surface area contributed by atoms with Crippen molar-refractivity contribution in [2.24, 2.45) is 0 Å². The summed E-state index contributed by atoms with van der Waals surface area (Å²) in [5.41, 5.74) is 1.82. The van der Waals surface area contributed by atoms with Gasteiger partial charge in [0.2, 0.25) is 11.8 Å². The standard InChI is InChI=1S/C24H25FN4O2/c1-17-26-12-14-28(17)21-11-10-18(15-20(21)25)16-27-24(31)23(19-7-3-2-4-8-19)29-13-6-5-9-22(29)30/h2-4,7-8,10-12,14-15,23H,5-6,9,13,16H2,1H3,(H,27,31). The number of nitrogens with zero attached hydrogens (tertiary/aromatic N) is 3. The maximum absolute atomic E-state index is 14.7. The van der Waals surface area contributed by atoms with Crippen LogP contribution in [-0.4, -0.2) is 32.8 Å². The van der Waals surface area contributed by atoms with E-state index in [4.69, 9.17) is 0 Å². The van der Waals surface area contributed by atoms with Crippen molar-refractivity contribution in [3.63, 3.8) is 0 Å². The van der Waals surface area contributed by atoms with E-state index >= 15 is 0 Å². The molecule has 160 valence electrons. The molecule has 1 unspecified atom stereocenters. The van der Waals surface area contributed by atoms with Crippen LogP contribution in [0.15, 0.2) is 60.9 Å². The van der Waals surface area contributed by atoms with Gasteiger partial charge in [0.05, 0.1) is 5.69 Å². The number of hydrogen-bond acceptors (Lipinski definition) is 3. The number of carbonyl (C=O) groups excluding carboxylic acids is 2. The summed E-state index contributed by atoms with van der Waals surface area (Å²) < 4.78 is 16.3. The van der Waals surface area contributed by atoms with E-state index < -0.39 is 11.9 Å². The first kappa shape index (κ1) is 20.8. The Balaban J connectivity index is 1.51. The van der Waals surface area contributed by atoms with Gasteiger partial charge in [-0.05, 0) is 43.0 Å². The maximum Gasteiger partial charge on any atom is 0.247 e. The number of rotatable bonds is 6. The lowest BCUT2D eigenvalue weighted by Gasteiger charge is -2.34. The third-order valence-electron chi connectivity index (χ3n) is 5.60. The molecule has 2 heterocycles. The molecule has 2 amide bonds. The number of carbonyl (C=O) groups is 2. The van der Waals surface area contributed by atoms with Crippen LogP contribution in [-0.2, 0) is 16.1 Å². The highest BCUT2D eigenvalue weighted by Gasteiger charge is 2.32. The topological polar surface area (TPSA) is 67.2 Å². The van der Waals surface area contributed by atoms with Crippen molar-refractivity contribution < 1.29 is 14.0 Å². The van der Waals surface area contributed by atoms with Crippen LogP contribution >= 0.6 is 0 Å². The van der Waals surface area contributed by atoms with Crippen molar-refractivity contribution in [2.45, 2.75) is 38.8 Å². The number of piperidine rings is 1. The van der Waals surface area contributed by atoms with E-state index in [9.17, 15) is 14.0 Å². The number of hydrogen-bond donors (Lipinski definition) is 1. The molecule has 4 rings (SSSR count). The van der Waals surface area contributed by atoms with E-state index in [1.54, 1.807) is 40.9 Å². The fraction of sp³-hybridized carbons (Fsp3) is 0.292. The molecular weight excluding hydrogens is 395 g/mol. The van der Waals surface area contributed by atoms with Crippen LogP contribution in [0.5, 0.6) is 0 Å². The molecular formula is C24H25FN4O2. The minimum atomic E-state index is -0.688. The first-order valence-electron chi connectivity index (χ1n) is 10.5. The van der Waals surface area contributed by atoms with Crippen LogP contribution in [0.1, 0.15) is 42.3 Å². The van der Waals surface area contributed by atoms with Gasteiger partial charge in [0, 0.05) is 31.9 Å². The van der Waals surface area contributed by atoms with Gasteiger partial charge in [0.1, 0.15) is 17.7 Å². The Morgan fingerprint density at radius 2 is 2.00 bits per heavy atom. The van der Waals surface area contributed by atoms with Gasteiger partial charge in [-0.15, -0.1) is 0 Å². The number of amides is 2. The van der Waals surface area contributed by atoms with Crippen molar-refractivity contribution in [1.82, 2.24) is 19.8 Å². The van der Waals surface area contributed by atoms with Gasteiger partial charge < -0.3 is 14.8 Å². The Morgan fingerprint density at radius 3 is 2.68 bits per heavy atom. The molecule has 6 nitrogen and oxygen atoms in total. The van der Waals surface area contributed by atoms with Crippen LogP contribution < -0.4 is 5.32 Å². The van der Waals surface area contributed by atoms with Gasteiger partial charge in [-0.3, -0.25) is 9.59 Å². The quantitative estimate of drug-likeness (QED) is 0.661. The third-order valence-corrected chi connectivity index (χ3v) is 5.60. The van der Waals surface area contributed by atoms with Crippen molar-refractivity contribution in [3.8, 4) is 5.69 Å². The summed E-state index contributed by atoms with van der Waals surface area (Å²) in [5, 5.41) is 2.89. The molecule has 1 aliphatic heterocycles. The van der Waals surface area contributed by atoms with Crippen LogP contribution in [0.3, 0.4) is 0 Å². The molecule has 0 saturated carbocycles. The summed E-state index contributed by atoms with van der Waals surface area (Å²) in [6.07, 6.45) is 5.50. The number of aryl methyl sites for hydroxylation is 1. The largest absolute Gasteiger partial charge is 0.350 e. The molecule has 1 aliphatic rings. The summed E-state index contributed by atoms with van der Waals surface area (Å²) >= 11 is 0. The van der Waals surface area contributed by atoms with Crippen LogP contribution in [0.2, 0.25) is 0 Å². The highest BCUT2D eigenvalue weighted by Crippen LogP contribution is 2.26. The van der Waals surface area contributed by atoms with Crippen molar-refractivity contribution in [3.05, 3.63) is 83.7 Å². The molecule has 0 bridgehead atoms.